The van der Waals surface area contributed by atoms with Gasteiger partial charge in [0.25, 0.3) is 0 Å². The van der Waals surface area contributed by atoms with Crippen LogP contribution in [-0.4, -0.2) is 23.3 Å². The highest BCUT2D eigenvalue weighted by Gasteiger charge is 2.27. The highest BCUT2D eigenvalue weighted by Crippen LogP contribution is 2.10. The Kier molecular flexibility index (Phi) is 1.85. The van der Waals surface area contributed by atoms with Crippen LogP contribution in [0.2, 0.25) is 0 Å². The summed E-state index contributed by atoms with van der Waals surface area (Å²) in [6.07, 6.45) is 2.29. The van der Waals surface area contributed by atoms with Crippen LogP contribution >= 0.6 is 0 Å². The molecule has 0 aromatic rings. The number of hydrogen-bond donors (Lipinski definition) is 0. The molecule has 0 spiro atoms. The van der Waals surface area contributed by atoms with Crippen molar-refractivity contribution in [3.8, 4) is 0 Å². The molecule has 0 atom stereocenters. The lowest BCUT2D eigenvalue weighted by molar-refractivity contribution is -0.137. The van der Waals surface area contributed by atoms with Gasteiger partial charge in [-0.05, 0) is 0 Å². The van der Waals surface area contributed by atoms with Crippen LogP contribution in [0.15, 0.2) is 12.7 Å². The third-order valence-corrected chi connectivity index (χ3v) is 1.47. The lowest BCUT2D eigenvalue weighted by atomic mass is 10.4. The average molecular weight is 139 g/mol. The van der Waals surface area contributed by atoms with Crippen LogP contribution in [0.5, 0.6) is 0 Å². The van der Waals surface area contributed by atoms with E-state index in [0.29, 0.717) is 19.4 Å². The number of imide groups is 1. The first-order valence-electron chi connectivity index (χ1n) is 3.20. The van der Waals surface area contributed by atoms with E-state index in [1.807, 2.05) is 0 Å². The molecule has 3 nitrogen and oxygen atoms in total. The van der Waals surface area contributed by atoms with E-state index in [9.17, 15) is 9.59 Å². The van der Waals surface area contributed by atoms with Gasteiger partial charge < -0.3 is 0 Å². The zero-order valence-electron chi connectivity index (χ0n) is 5.67. The second kappa shape index (κ2) is 2.64. The molecule has 0 bridgehead atoms. The van der Waals surface area contributed by atoms with Crippen molar-refractivity contribution in [2.24, 2.45) is 0 Å². The van der Waals surface area contributed by atoms with Crippen LogP contribution in [0.25, 0.3) is 0 Å². The Bertz CT molecular complexity index is 170. The molecule has 0 aliphatic carbocycles. The largest absolute Gasteiger partial charge is 0.279 e. The minimum atomic E-state index is -0.0788. The van der Waals surface area contributed by atoms with Gasteiger partial charge >= 0.3 is 0 Å². The highest BCUT2D eigenvalue weighted by molar-refractivity contribution is 6.02. The third kappa shape index (κ3) is 1.07. The van der Waals surface area contributed by atoms with E-state index in [1.165, 1.54) is 4.90 Å². The lowest BCUT2D eigenvalue weighted by Crippen LogP contribution is -2.28. The predicted octanol–water partition coefficient (Wildman–Crippen LogP) is 0.321. The van der Waals surface area contributed by atoms with E-state index in [-0.39, 0.29) is 11.8 Å². The monoisotopic (exact) mass is 139 g/mol. The van der Waals surface area contributed by atoms with Gasteiger partial charge in [0.1, 0.15) is 0 Å². The molecule has 10 heavy (non-hydrogen) atoms. The number of rotatable bonds is 2. The molecule has 0 aromatic carbocycles. The van der Waals surface area contributed by atoms with Gasteiger partial charge in [-0.15, -0.1) is 6.58 Å². The van der Waals surface area contributed by atoms with E-state index in [2.05, 4.69) is 6.58 Å². The molecule has 1 aliphatic heterocycles. The first-order valence-corrected chi connectivity index (χ1v) is 3.20. The Labute approximate surface area is 59.3 Å². The number of likely N-dealkylation sites (tertiary alicyclic amines) is 1. The van der Waals surface area contributed by atoms with Crippen molar-refractivity contribution in [2.45, 2.75) is 12.8 Å². The summed E-state index contributed by atoms with van der Waals surface area (Å²) in [7, 11) is 0. The maximum atomic E-state index is 10.8. The van der Waals surface area contributed by atoms with E-state index in [4.69, 9.17) is 0 Å². The van der Waals surface area contributed by atoms with E-state index in [0.717, 1.165) is 0 Å². The number of carbonyl (C=O) groups is 2. The van der Waals surface area contributed by atoms with Crippen molar-refractivity contribution in [1.29, 1.82) is 0 Å². The molecule has 1 saturated heterocycles. The number of carbonyl (C=O) groups excluding carboxylic acids is 2. The first kappa shape index (κ1) is 6.99. The predicted molar refractivity (Wildman–Crippen MR) is 36.2 cm³/mol. The molecule has 1 rings (SSSR count). The summed E-state index contributed by atoms with van der Waals surface area (Å²) in [5.41, 5.74) is 0. The fourth-order valence-corrected chi connectivity index (χ4v) is 0.956. The third-order valence-electron chi connectivity index (χ3n) is 1.47. The Hall–Kier alpha value is -1.12. The van der Waals surface area contributed by atoms with Crippen molar-refractivity contribution in [3.63, 3.8) is 0 Å². The van der Waals surface area contributed by atoms with Gasteiger partial charge in [0, 0.05) is 19.4 Å². The molecular formula is C7H9NO2. The van der Waals surface area contributed by atoms with Crippen molar-refractivity contribution >= 4 is 11.8 Å². The maximum Gasteiger partial charge on any atom is 0.229 e. The van der Waals surface area contributed by atoms with Crippen LogP contribution in [0.4, 0.5) is 0 Å². The van der Waals surface area contributed by atoms with Gasteiger partial charge in [0.15, 0.2) is 0 Å². The van der Waals surface area contributed by atoms with Crippen molar-refractivity contribution in [2.75, 3.05) is 6.54 Å². The molecule has 2 amide bonds. The van der Waals surface area contributed by atoms with Crippen LogP contribution in [0.3, 0.4) is 0 Å². The Morgan fingerprint density at radius 1 is 1.40 bits per heavy atom. The lowest BCUT2D eigenvalue weighted by Gasteiger charge is -2.08. The molecule has 0 radical (unpaired) electrons. The van der Waals surface area contributed by atoms with Gasteiger partial charge in [0.05, 0.1) is 0 Å². The standard InChI is InChI=1S/C7H9NO2/c1-2-5-8-6(9)3-4-7(8)10/h2H,1,3-5H2. The van der Waals surface area contributed by atoms with Gasteiger partial charge in [-0.3, -0.25) is 14.5 Å². The Morgan fingerprint density at radius 3 is 2.30 bits per heavy atom. The molecule has 54 valence electrons. The molecular weight excluding hydrogens is 130 g/mol. The summed E-state index contributed by atoms with van der Waals surface area (Å²) in [6.45, 7) is 3.81. The van der Waals surface area contributed by atoms with Crippen LogP contribution in [0, 0.1) is 0 Å². The molecule has 3 heteroatoms. The fourth-order valence-electron chi connectivity index (χ4n) is 0.956. The summed E-state index contributed by atoms with van der Waals surface area (Å²) < 4.78 is 0. The summed E-state index contributed by atoms with van der Waals surface area (Å²) in [4.78, 5) is 22.9. The fraction of sp³-hybridized carbons (Fsp3) is 0.429. The Balaban J connectivity index is 2.62. The highest BCUT2D eigenvalue weighted by atomic mass is 16.2. The molecule has 0 N–H and O–H groups in total. The van der Waals surface area contributed by atoms with Gasteiger partial charge in [-0.1, -0.05) is 6.08 Å². The average Bonchev–Trinajstić information content (AvgIpc) is 2.20. The van der Waals surface area contributed by atoms with Crippen LogP contribution in [-0.2, 0) is 9.59 Å². The van der Waals surface area contributed by atoms with Crippen LogP contribution < -0.4 is 0 Å². The van der Waals surface area contributed by atoms with Crippen molar-refractivity contribution in [1.82, 2.24) is 4.90 Å². The van der Waals surface area contributed by atoms with Gasteiger partial charge in [-0.2, -0.15) is 0 Å². The van der Waals surface area contributed by atoms with Gasteiger partial charge in [0.2, 0.25) is 11.8 Å². The second-order valence-corrected chi connectivity index (χ2v) is 2.19. The normalized spacial score (nSPS) is 18.2. The summed E-state index contributed by atoms with van der Waals surface area (Å²) in [6, 6.07) is 0. The van der Waals surface area contributed by atoms with Crippen LogP contribution in [0.1, 0.15) is 12.8 Å². The number of hydrogen-bond acceptors (Lipinski definition) is 2. The molecule has 1 fully saturated rings. The molecule has 0 aromatic heterocycles. The molecule has 1 heterocycles. The molecule has 0 unspecified atom stereocenters. The summed E-state index contributed by atoms with van der Waals surface area (Å²) in [5.74, 6) is -0.158. The minimum absolute atomic E-state index is 0.0788. The first-order chi connectivity index (χ1) is 4.75. The van der Waals surface area contributed by atoms with E-state index >= 15 is 0 Å². The summed E-state index contributed by atoms with van der Waals surface area (Å²) >= 11 is 0. The van der Waals surface area contributed by atoms with E-state index in [1.54, 1.807) is 6.08 Å². The zero-order valence-corrected chi connectivity index (χ0v) is 5.67. The van der Waals surface area contributed by atoms with Crippen molar-refractivity contribution in [3.05, 3.63) is 12.7 Å². The second-order valence-electron chi connectivity index (χ2n) is 2.19. The van der Waals surface area contributed by atoms with E-state index < -0.39 is 0 Å². The molecule has 1 aliphatic rings. The zero-order chi connectivity index (χ0) is 7.56. The smallest absolute Gasteiger partial charge is 0.229 e. The minimum Gasteiger partial charge on any atom is -0.279 e. The quantitative estimate of drug-likeness (QED) is 0.408. The topological polar surface area (TPSA) is 37.4 Å². The SMILES string of the molecule is C=CCN1C(=O)CCC1=O. The molecule has 0 saturated carbocycles. The van der Waals surface area contributed by atoms with Crippen molar-refractivity contribution < 1.29 is 9.59 Å². The maximum absolute atomic E-state index is 10.8. The Morgan fingerprint density at radius 2 is 1.90 bits per heavy atom. The summed E-state index contributed by atoms with van der Waals surface area (Å²) in [5, 5.41) is 0. The van der Waals surface area contributed by atoms with Gasteiger partial charge in [-0.25, -0.2) is 0 Å². The number of amides is 2. The number of nitrogens with zero attached hydrogens (tertiary/aromatic N) is 1.